The quantitative estimate of drug-likeness (QED) is 0.839. The number of anilines is 1. The normalized spacial score (nSPS) is 10.5. The second-order valence-electron chi connectivity index (χ2n) is 4.64. The Morgan fingerprint density at radius 2 is 2.24 bits per heavy atom. The van der Waals surface area contributed by atoms with Crippen LogP contribution in [-0.4, -0.2) is 22.4 Å². The Bertz CT molecular complexity index is 652. The smallest absolute Gasteiger partial charge is 0.341 e. The first-order valence-corrected chi connectivity index (χ1v) is 7.50. The van der Waals surface area contributed by atoms with Crippen LogP contribution < -0.4 is 5.32 Å². The van der Waals surface area contributed by atoms with E-state index in [9.17, 15) is 4.79 Å². The highest BCUT2D eigenvalue weighted by molar-refractivity contribution is 9.10. The van der Waals surface area contributed by atoms with E-state index in [2.05, 4.69) is 26.3 Å². The van der Waals surface area contributed by atoms with Gasteiger partial charge >= 0.3 is 5.97 Å². The SMILES string of the molecule is CCOC(=O)c1cnn(C)c1CNc1cccc(C)c1Br. The van der Waals surface area contributed by atoms with E-state index in [4.69, 9.17) is 4.74 Å². The Labute approximate surface area is 132 Å². The molecule has 1 aromatic carbocycles. The number of hydrogen-bond acceptors (Lipinski definition) is 4. The Morgan fingerprint density at radius 1 is 1.48 bits per heavy atom. The first kappa shape index (κ1) is 15.6. The highest BCUT2D eigenvalue weighted by Gasteiger charge is 2.17. The van der Waals surface area contributed by atoms with Gasteiger partial charge in [-0.05, 0) is 41.4 Å². The maximum absolute atomic E-state index is 11.9. The number of nitrogens with one attached hydrogen (secondary N) is 1. The molecule has 0 atom stereocenters. The van der Waals surface area contributed by atoms with Crippen LogP contribution in [0.25, 0.3) is 0 Å². The van der Waals surface area contributed by atoms with Gasteiger partial charge in [0.15, 0.2) is 0 Å². The average Bonchev–Trinajstić information content (AvgIpc) is 2.82. The summed E-state index contributed by atoms with van der Waals surface area (Å²) in [5.41, 5.74) is 3.42. The van der Waals surface area contributed by atoms with Gasteiger partial charge in [0.05, 0.1) is 25.0 Å². The number of halogens is 1. The summed E-state index contributed by atoms with van der Waals surface area (Å²) in [6, 6.07) is 6.00. The fourth-order valence-electron chi connectivity index (χ4n) is 2.01. The first-order valence-electron chi connectivity index (χ1n) is 6.71. The summed E-state index contributed by atoms with van der Waals surface area (Å²) in [6.07, 6.45) is 1.54. The molecule has 0 amide bonds. The molecule has 112 valence electrons. The predicted molar refractivity (Wildman–Crippen MR) is 85.4 cm³/mol. The highest BCUT2D eigenvalue weighted by atomic mass is 79.9. The molecule has 0 spiro atoms. The van der Waals surface area contributed by atoms with Gasteiger partial charge in [0, 0.05) is 17.2 Å². The summed E-state index contributed by atoms with van der Waals surface area (Å²) in [5, 5.41) is 7.46. The topological polar surface area (TPSA) is 56.1 Å². The van der Waals surface area contributed by atoms with E-state index in [1.54, 1.807) is 17.8 Å². The van der Waals surface area contributed by atoms with Crippen LogP contribution in [-0.2, 0) is 18.3 Å². The number of aromatic nitrogens is 2. The summed E-state index contributed by atoms with van der Waals surface area (Å²) in [4.78, 5) is 11.9. The van der Waals surface area contributed by atoms with Crippen LogP contribution in [0, 0.1) is 6.92 Å². The van der Waals surface area contributed by atoms with Gasteiger partial charge in [-0.2, -0.15) is 5.10 Å². The highest BCUT2D eigenvalue weighted by Crippen LogP contribution is 2.26. The van der Waals surface area contributed by atoms with E-state index >= 15 is 0 Å². The molecule has 1 aromatic heterocycles. The van der Waals surface area contributed by atoms with E-state index in [1.165, 1.54) is 0 Å². The van der Waals surface area contributed by atoms with Crippen LogP contribution in [0.5, 0.6) is 0 Å². The standard InChI is InChI=1S/C15H18BrN3O2/c1-4-21-15(20)11-8-18-19(3)13(11)9-17-12-7-5-6-10(2)14(12)16/h5-8,17H,4,9H2,1-3H3. The minimum absolute atomic E-state index is 0.342. The van der Waals surface area contributed by atoms with Crippen molar-refractivity contribution in [2.75, 3.05) is 11.9 Å². The maximum atomic E-state index is 11.9. The second-order valence-corrected chi connectivity index (χ2v) is 5.43. The number of carbonyl (C=O) groups is 1. The lowest BCUT2D eigenvalue weighted by Crippen LogP contribution is -2.12. The summed E-state index contributed by atoms with van der Waals surface area (Å²) < 4.78 is 7.75. The third-order valence-electron chi connectivity index (χ3n) is 3.19. The molecule has 2 aromatic rings. The number of benzene rings is 1. The van der Waals surface area contributed by atoms with Gasteiger partial charge in [-0.1, -0.05) is 12.1 Å². The van der Waals surface area contributed by atoms with Crippen molar-refractivity contribution in [1.82, 2.24) is 9.78 Å². The zero-order valence-corrected chi connectivity index (χ0v) is 13.9. The molecule has 0 unspecified atom stereocenters. The fourth-order valence-corrected chi connectivity index (χ4v) is 2.42. The number of nitrogens with zero attached hydrogens (tertiary/aromatic N) is 2. The van der Waals surface area contributed by atoms with E-state index in [0.29, 0.717) is 18.7 Å². The van der Waals surface area contributed by atoms with Crippen LogP contribution in [0.4, 0.5) is 5.69 Å². The van der Waals surface area contributed by atoms with Crippen molar-refractivity contribution >= 4 is 27.6 Å². The Morgan fingerprint density at radius 3 is 2.95 bits per heavy atom. The van der Waals surface area contributed by atoms with Gasteiger partial charge in [-0.3, -0.25) is 4.68 Å². The van der Waals surface area contributed by atoms with Gasteiger partial charge in [0.2, 0.25) is 0 Å². The zero-order valence-electron chi connectivity index (χ0n) is 12.3. The van der Waals surface area contributed by atoms with E-state index in [-0.39, 0.29) is 5.97 Å². The van der Waals surface area contributed by atoms with Crippen molar-refractivity contribution in [2.24, 2.45) is 7.05 Å². The molecule has 0 radical (unpaired) electrons. The molecule has 2 rings (SSSR count). The van der Waals surface area contributed by atoms with Crippen LogP contribution in [0.2, 0.25) is 0 Å². The lowest BCUT2D eigenvalue weighted by Gasteiger charge is -2.11. The van der Waals surface area contributed by atoms with Gasteiger partial charge in [0.25, 0.3) is 0 Å². The molecular weight excluding hydrogens is 334 g/mol. The average molecular weight is 352 g/mol. The molecule has 0 aliphatic rings. The Balaban J connectivity index is 2.18. The van der Waals surface area contributed by atoms with Crippen LogP contribution in [0.3, 0.4) is 0 Å². The monoisotopic (exact) mass is 351 g/mol. The van der Waals surface area contributed by atoms with Crippen molar-refractivity contribution in [3.63, 3.8) is 0 Å². The number of carbonyl (C=O) groups excluding carboxylic acids is 1. The molecule has 0 aliphatic heterocycles. The number of ether oxygens (including phenoxy) is 1. The van der Waals surface area contributed by atoms with Crippen molar-refractivity contribution in [3.05, 3.63) is 45.7 Å². The molecule has 0 aliphatic carbocycles. The van der Waals surface area contributed by atoms with Crippen molar-refractivity contribution in [3.8, 4) is 0 Å². The minimum Gasteiger partial charge on any atom is -0.462 e. The van der Waals surface area contributed by atoms with Gasteiger partial charge in [0.1, 0.15) is 5.56 Å². The lowest BCUT2D eigenvalue weighted by molar-refractivity contribution is 0.0525. The summed E-state index contributed by atoms with van der Waals surface area (Å²) >= 11 is 3.56. The zero-order chi connectivity index (χ0) is 15.4. The molecular formula is C15H18BrN3O2. The van der Waals surface area contributed by atoms with Gasteiger partial charge < -0.3 is 10.1 Å². The lowest BCUT2D eigenvalue weighted by atomic mass is 10.2. The molecule has 6 heteroatoms. The number of rotatable bonds is 5. The van der Waals surface area contributed by atoms with E-state index in [0.717, 1.165) is 21.4 Å². The molecule has 0 bridgehead atoms. The van der Waals surface area contributed by atoms with Crippen LogP contribution in [0.15, 0.2) is 28.9 Å². The molecule has 5 nitrogen and oxygen atoms in total. The number of esters is 1. The largest absolute Gasteiger partial charge is 0.462 e. The Hall–Kier alpha value is -1.82. The molecule has 0 saturated carbocycles. The summed E-state index contributed by atoms with van der Waals surface area (Å²) in [7, 11) is 1.81. The molecule has 21 heavy (non-hydrogen) atoms. The third kappa shape index (κ3) is 3.44. The number of aryl methyl sites for hydroxylation is 2. The van der Waals surface area contributed by atoms with Gasteiger partial charge in [-0.15, -0.1) is 0 Å². The molecule has 0 fully saturated rings. The maximum Gasteiger partial charge on any atom is 0.341 e. The minimum atomic E-state index is -0.342. The van der Waals surface area contributed by atoms with Crippen molar-refractivity contribution in [1.29, 1.82) is 0 Å². The van der Waals surface area contributed by atoms with E-state index < -0.39 is 0 Å². The molecule has 0 saturated heterocycles. The van der Waals surface area contributed by atoms with Crippen molar-refractivity contribution < 1.29 is 9.53 Å². The fraction of sp³-hybridized carbons (Fsp3) is 0.333. The van der Waals surface area contributed by atoms with Crippen molar-refractivity contribution in [2.45, 2.75) is 20.4 Å². The first-order chi connectivity index (χ1) is 10.0. The van der Waals surface area contributed by atoms with Gasteiger partial charge in [-0.25, -0.2) is 4.79 Å². The summed E-state index contributed by atoms with van der Waals surface area (Å²) in [6.45, 7) is 4.66. The predicted octanol–water partition coefficient (Wildman–Crippen LogP) is 3.28. The Kier molecular flexibility index (Phi) is 5.01. The third-order valence-corrected chi connectivity index (χ3v) is 4.25. The van der Waals surface area contributed by atoms with E-state index in [1.807, 2.05) is 32.2 Å². The summed E-state index contributed by atoms with van der Waals surface area (Å²) in [5.74, 6) is -0.342. The molecule has 1 N–H and O–H groups in total. The second kappa shape index (κ2) is 6.76. The van der Waals surface area contributed by atoms with Crippen LogP contribution >= 0.6 is 15.9 Å². The molecule has 1 heterocycles. The number of hydrogen-bond donors (Lipinski definition) is 1. The van der Waals surface area contributed by atoms with Crippen LogP contribution in [0.1, 0.15) is 28.5 Å².